The number of unbranched alkanes of at least 4 members (excludes halogenated alkanes) is 41. The Hall–Kier alpha value is -3.41. The maximum absolute atomic E-state index is 12.9. The highest BCUT2D eigenvalue weighted by molar-refractivity contribution is 5.71. The normalized spacial score (nSPS) is 12.6. The first-order valence-corrected chi connectivity index (χ1v) is 36.1. The number of carbonyl (C=O) groups is 3. The number of rotatable bonds is 66. The molecule has 1 atom stereocenters. The van der Waals surface area contributed by atoms with E-state index in [2.05, 4.69) is 106 Å². The summed E-state index contributed by atoms with van der Waals surface area (Å²) in [6.07, 6.45) is 94.8. The zero-order chi connectivity index (χ0) is 59.9. The Kier molecular flexibility index (Phi) is 68.2. The van der Waals surface area contributed by atoms with E-state index in [1.54, 1.807) is 0 Å². The molecule has 0 aromatic rings. The molecule has 1 unspecified atom stereocenters. The van der Waals surface area contributed by atoms with E-state index < -0.39 is 6.10 Å². The van der Waals surface area contributed by atoms with Crippen molar-refractivity contribution in [3.8, 4) is 0 Å². The van der Waals surface area contributed by atoms with Gasteiger partial charge in [0.15, 0.2) is 6.10 Å². The average molecular weight is 1160 g/mol. The Morgan fingerprint density at radius 3 is 0.759 bits per heavy atom. The fraction of sp³-hybridized carbons (Fsp3) is 0.779. The van der Waals surface area contributed by atoms with Crippen molar-refractivity contribution in [1.82, 2.24) is 0 Å². The molecule has 0 amide bonds. The lowest BCUT2D eigenvalue weighted by Gasteiger charge is -2.18. The van der Waals surface area contributed by atoms with Crippen LogP contribution in [0.4, 0.5) is 0 Å². The Bertz CT molecular complexity index is 1570. The number of hydrogen-bond acceptors (Lipinski definition) is 6. The van der Waals surface area contributed by atoms with Crippen molar-refractivity contribution in [3.63, 3.8) is 0 Å². The van der Waals surface area contributed by atoms with Gasteiger partial charge < -0.3 is 14.2 Å². The molecule has 0 heterocycles. The summed E-state index contributed by atoms with van der Waals surface area (Å²) >= 11 is 0. The molecule has 0 saturated carbocycles. The zero-order valence-electron chi connectivity index (χ0n) is 55.2. The topological polar surface area (TPSA) is 78.9 Å². The second kappa shape index (κ2) is 71.1. The predicted octanol–water partition coefficient (Wildman–Crippen LogP) is 25.0. The first-order valence-electron chi connectivity index (χ1n) is 36.1. The van der Waals surface area contributed by atoms with Gasteiger partial charge in [-0.25, -0.2) is 0 Å². The molecule has 480 valence electrons. The van der Waals surface area contributed by atoms with E-state index >= 15 is 0 Å². The number of allylic oxidation sites excluding steroid dienone is 14. The van der Waals surface area contributed by atoms with Crippen LogP contribution in [0.1, 0.15) is 367 Å². The third-order valence-corrected chi connectivity index (χ3v) is 15.9. The molecule has 0 spiro atoms. The maximum Gasteiger partial charge on any atom is 0.306 e. The summed E-state index contributed by atoms with van der Waals surface area (Å²) in [5.41, 5.74) is 0. The minimum Gasteiger partial charge on any atom is -0.462 e. The van der Waals surface area contributed by atoms with Crippen molar-refractivity contribution >= 4 is 17.9 Å². The van der Waals surface area contributed by atoms with E-state index in [0.29, 0.717) is 19.3 Å². The van der Waals surface area contributed by atoms with Crippen LogP contribution >= 0.6 is 0 Å². The molecule has 0 aliphatic rings. The molecular formula is C77H136O6. The summed E-state index contributed by atoms with van der Waals surface area (Å²) < 4.78 is 17.0. The van der Waals surface area contributed by atoms with E-state index in [4.69, 9.17) is 14.2 Å². The molecule has 0 aliphatic carbocycles. The summed E-state index contributed by atoms with van der Waals surface area (Å²) in [6, 6.07) is 0. The number of carbonyl (C=O) groups excluding carboxylic acids is 3. The summed E-state index contributed by atoms with van der Waals surface area (Å²) in [6.45, 7) is 6.52. The van der Waals surface area contributed by atoms with Gasteiger partial charge >= 0.3 is 17.9 Å². The van der Waals surface area contributed by atoms with Gasteiger partial charge in [-0.15, -0.1) is 0 Å². The predicted molar refractivity (Wildman–Crippen MR) is 362 cm³/mol. The minimum atomic E-state index is -0.789. The van der Waals surface area contributed by atoms with Crippen LogP contribution in [0, 0.1) is 0 Å². The molecule has 6 nitrogen and oxygen atoms in total. The quantitative estimate of drug-likeness (QED) is 0.0261. The van der Waals surface area contributed by atoms with Crippen LogP contribution in [0.15, 0.2) is 85.1 Å². The third-order valence-electron chi connectivity index (χ3n) is 15.9. The van der Waals surface area contributed by atoms with E-state index in [0.717, 1.165) is 116 Å². The minimum absolute atomic E-state index is 0.0823. The molecule has 0 N–H and O–H groups in total. The summed E-state index contributed by atoms with van der Waals surface area (Å²) in [7, 11) is 0. The second-order valence-electron chi connectivity index (χ2n) is 24.1. The van der Waals surface area contributed by atoms with Crippen LogP contribution in [0.5, 0.6) is 0 Å². The lowest BCUT2D eigenvalue weighted by atomic mass is 10.0. The van der Waals surface area contributed by atoms with Gasteiger partial charge in [-0.05, 0) is 116 Å². The Balaban J connectivity index is 4.18. The standard InChI is InChI=1S/C77H136O6/c1-4-7-10-13-16-19-22-25-28-30-31-32-33-34-35-36-37-38-39-40-41-42-43-44-45-47-49-52-55-58-61-64-67-70-76(79)82-73-74(72-81-75(78)69-66-63-60-57-54-51-48-27-24-21-18-15-12-9-6-3)83-77(80)71-68-65-62-59-56-53-50-46-29-26-23-20-17-14-11-8-5-2/h9,12,17-18,20-22,25-27,29-31,48,74H,4-8,10-11,13-16,19,23-24,28,32-47,49-73H2,1-3H3/b12-9-,20-17-,21-18-,25-22-,29-26-,31-30-,48-27-. The van der Waals surface area contributed by atoms with Crippen LogP contribution in [-0.2, 0) is 28.6 Å². The lowest BCUT2D eigenvalue weighted by molar-refractivity contribution is -0.167. The summed E-state index contributed by atoms with van der Waals surface area (Å²) in [5, 5.41) is 0. The first-order chi connectivity index (χ1) is 41.0. The first kappa shape index (κ1) is 79.6. The van der Waals surface area contributed by atoms with Gasteiger partial charge in [0.2, 0.25) is 0 Å². The fourth-order valence-electron chi connectivity index (χ4n) is 10.5. The molecule has 0 saturated heterocycles. The molecule has 83 heavy (non-hydrogen) atoms. The molecule has 0 aliphatic heterocycles. The lowest BCUT2D eigenvalue weighted by Crippen LogP contribution is -2.30. The van der Waals surface area contributed by atoms with Gasteiger partial charge in [-0.2, -0.15) is 0 Å². The van der Waals surface area contributed by atoms with Gasteiger partial charge in [0.05, 0.1) is 0 Å². The van der Waals surface area contributed by atoms with Gasteiger partial charge in [-0.3, -0.25) is 14.4 Å². The highest BCUT2D eigenvalue weighted by Crippen LogP contribution is 2.18. The number of esters is 3. The van der Waals surface area contributed by atoms with Crippen LogP contribution in [0.25, 0.3) is 0 Å². The van der Waals surface area contributed by atoms with E-state index in [1.165, 1.54) is 212 Å². The molecular weight excluding hydrogens is 1020 g/mol. The Morgan fingerprint density at radius 2 is 0.470 bits per heavy atom. The van der Waals surface area contributed by atoms with Crippen LogP contribution in [0.3, 0.4) is 0 Å². The van der Waals surface area contributed by atoms with Crippen LogP contribution in [-0.4, -0.2) is 37.2 Å². The van der Waals surface area contributed by atoms with E-state index in [-0.39, 0.29) is 31.1 Å². The highest BCUT2D eigenvalue weighted by atomic mass is 16.6. The largest absolute Gasteiger partial charge is 0.462 e. The van der Waals surface area contributed by atoms with E-state index in [9.17, 15) is 14.4 Å². The summed E-state index contributed by atoms with van der Waals surface area (Å²) in [5.74, 6) is -0.890. The molecule has 0 rings (SSSR count). The molecule has 0 bridgehead atoms. The van der Waals surface area contributed by atoms with Crippen molar-refractivity contribution in [2.24, 2.45) is 0 Å². The van der Waals surface area contributed by atoms with Gasteiger partial charge in [-0.1, -0.05) is 318 Å². The van der Waals surface area contributed by atoms with Crippen molar-refractivity contribution in [1.29, 1.82) is 0 Å². The van der Waals surface area contributed by atoms with E-state index in [1.807, 2.05) is 0 Å². The molecule has 0 aromatic heterocycles. The Morgan fingerprint density at radius 1 is 0.253 bits per heavy atom. The van der Waals surface area contributed by atoms with Crippen molar-refractivity contribution in [3.05, 3.63) is 85.1 Å². The number of ether oxygens (including phenoxy) is 3. The monoisotopic (exact) mass is 1160 g/mol. The van der Waals surface area contributed by atoms with Gasteiger partial charge in [0.25, 0.3) is 0 Å². The molecule has 0 aromatic carbocycles. The fourth-order valence-corrected chi connectivity index (χ4v) is 10.5. The van der Waals surface area contributed by atoms with Gasteiger partial charge in [0.1, 0.15) is 13.2 Å². The van der Waals surface area contributed by atoms with Crippen molar-refractivity contribution in [2.45, 2.75) is 374 Å². The zero-order valence-corrected chi connectivity index (χ0v) is 55.2. The van der Waals surface area contributed by atoms with Crippen LogP contribution < -0.4 is 0 Å². The second-order valence-corrected chi connectivity index (χ2v) is 24.1. The number of hydrogen-bond donors (Lipinski definition) is 0. The molecule has 6 heteroatoms. The SMILES string of the molecule is CC/C=C\C/C=C\C/C=C\CCCCCCCC(=O)OCC(COC(=O)CCCCCCCCCCCCCCCCCCCCCCC/C=C\C/C=C\CCCCCCC)OC(=O)CCCCCCCCC/C=C\C/C=C\CCCCC. The maximum atomic E-state index is 12.9. The molecule has 0 radical (unpaired) electrons. The summed E-state index contributed by atoms with van der Waals surface area (Å²) in [4.78, 5) is 38.4. The van der Waals surface area contributed by atoms with Crippen molar-refractivity contribution in [2.75, 3.05) is 13.2 Å². The van der Waals surface area contributed by atoms with Crippen molar-refractivity contribution < 1.29 is 28.6 Å². The van der Waals surface area contributed by atoms with Gasteiger partial charge in [0, 0.05) is 19.3 Å². The highest BCUT2D eigenvalue weighted by Gasteiger charge is 2.19. The molecule has 0 fully saturated rings. The van der Waals surface area contributed by atoms with Crippen LogP contribution in [0.2, 0.25) is 0 Å². The average Bonchev–Trinajstić information content (AvgIpc) is 3.49. The smallest absolute Gasteiger partial charge is 0.306 e. The Labute approximate surface area is 515 Å². The third kappa shape index (κ3) is 69.3.